The van der Waals surface area contributed by atoms with E-state index in [2.05, 4.69) is 34.5 Å². The van der Waals surface area contributed by atoms with E-state index >= 15 is 0 Å². The molecule has 140 valence electrons. The van der Waals surface area contributed by atoms with E-state index < -0.39 is 0 Å². The number of hydrogen-bond donors (Lipinski definition) is 0. The third-order valence-electron chi connectivity index (χ3n) is 4.74. The highest BCUT2D eigenvalue weighted by molar-refractivity contribution is 6.24. The lowest BCUT2D eigenvalue weighted by Crippen LogP contribution is -1.98. The van der Waals surface area contributed by atoms with Crippen molar-refractivity contribution in [3.8, 4) is 28.4 Å². The van der Waals surface area contributed by atoms with Crippen molar-refractivity contribution in [2.75, 3.05) is 21.3 Å². The fourth-order valence-electron chi connectivity index (χ4n) is 3.40. The van der Waals surface area contributed by atoms with E-state index in [0.717, 1.165) is 22.4 Å². The van der Waals surface area contributed by atoms with E-state index in [4.69, 9.17) is 14.2 Å². The number of hydrogen-bond acceptors (Lipinski definition) is 5. The average Bonchev–Trinajstić information content (AvgIpc) is 3.07. The molecule has 0 amide bonds. The molecule has 0 N–H and O–H groups in total. The van der Waals surface area contributed by atoms with Gasteiger partial charge in [-0.15, -0.1) is 5.10 Å². The summed E-state index contributed by atoms with van der Waals surface area (Å²) in [6, 6.07) is 20.1. The highest BCUT2D eigenvalue weighted by Crippen LogP contribution is 2.37. The van der Waals surface area contributed by atoms with Crippen molar-refractivity contribution in [2.45, 2.75) is 0 Å². The summed E-state index contributed by atoms with van der Waals surface area (Å²) < 4.78 is 16.1. The first-order chi connectivity index (χ1) is 13.8. The summed E-state index contributed by atoms with van der Waals surface area (Å²) in [6.45, 7) is 0. The zero-order valence-electron chi connectivity index (χ0n) is 16.0. The lowest BCUT2D eigenvalue weighted by Gasteiger charge is -2.11. The van der Waals surface area contributed by atoms with Crippen LogP contribution in [0.25, 0.3) is 11.1 Å². The SMILES string of the molecule is COc1cc(OC)c(OC)cc1/C=N\N=C1c2ccccc2-c2ccccc21. The molecule has 0 fully saturated rings. The highest BCUT2D eigenvalue weighted by Gasteiger charge is 2.23. The Kier molecular flexibility index (Phi) is 4.81. The lowest BCUT2D eigenvalue weighted by atomic mass is 10.1. The predicted molar refractivity (Wildman–Crippen MR) is 111 cm³/mol. The Morgan fingerprint density at radius 2 is 1.14 bits per heavy atom. The van der Waals surface area contributed by atoms with Gasteiger partial charge in [-0.2, -0.15) is 5.10 Å². The van der Waals surface area contributed by atoms with E-state index in [1.54, 1.807) is 33.6 Å². The minimum atomic E-state index is 0.599. The van der Waals surface area contributed by atoms with Gasteiger partial charge in [0.05, 0.1) is 27.5 Å². The molecule has 1 aliphatic rings. The van der Waals surface area contributed by atoms with E-state index in [-0.39, 0.29) is 0 Å². The first kappa shape index (κ1) is 17.8. The standard InChI is InChI=1S/C23H20N2O3/c1-26-20-13-22(28-3)21(27-2)12-15(20)14-24-25-23-18-10-6-4-8-16(18)17-9-5-7-11-19(17)23/h4-14H,1-3H3/b24-14-. The van der Waals surface area contributed by atoms with Gasteiger partial charge in [0.1, 0.15) is 11.5 Å². The molecule has 0 unspecified atom stereocenters. The van der Waals surface area contributed by atoms with Gasteiger partial charge in [0.25, 0.3) is 0 Å². The Bertz CT molecular complexity index is 1040. The number of rotatable bonds is 5. The maximum Gasteiger partial charge on any atom is 0.164 e. The fraction of sp³-hybridized carbons (Fsp3) is 0.130. The summed E-state index contributed by atoms with van der Waals surface area (Å²) in [6.07, 6.45) is 1.66. The maximum absolute atomic E-state index is 5.45. The molecule has 5 heteroatoms. The Morgan fingerprint density at radius 3 is 1.68 bits per heavy atom. The van der Waals surface area contributed by atoms with Crippen molar-refractivity contribution in [1.82, 2.24) is 0 Å². The van der Waals surface area contributed by atoms with Gasteiger partial charge >= 0.3 is 0 Å². The first-order valence-corrected chi connectivity index (χ1v) is 8.87. The van der Waals surface area contributed by atoms with Gasteiger partial charge in [0.15, 0.2) is 11.5 Å². The number of methoxy groups -OCH3 is 3. The van der Waals surface area contributed by atoms with Gasteiger partial charge in [-0.1, -0.05) is 48.5 Å². The Hall–Kier alpha value is -3.60. The third-order valence-corrected chi connectivity index (χ3v) is 4.74. The van der Waals surface area contributed by atoms with Crippen molar-refractivity contribution in [3.63, 3.8) is 0 Å². The van der Waals surface area contributed by atoms with E-state index in [1.165, 1.54) is 11.1 Å². The number of ether oxygens (including phenoxy) is 3. The molecule has 0 radical (unpaired) electrons. The molecule has 3 aromatic carbocycles. The monoisotopic (exact) mass is 372 g/mol. The van der Waals surface area contributed by atoms with Crippen molar-refractivity contribution in [1.29, 1.82) is 0 Å². The Balaban J connectivity index is 1.75. The summed E-state index contributed by atoms with van der Waals surface area (Å²) >= 11 is 0. The van der Waals surface area contributed by atoms with Gasteiger partial charge < -0.3 is 14.2 Å². The lowest BCUT2D eigenvalue weighted by molar-refractivity contribution is 0.349. The van der Waals surface area contributed by atoms with Crippen LogP contribution in [-0.4, -0.2) is 33.3 Å². The molecule has 0 saturated carbocycles. The molecule has 4 rings (SSSR count). The molecule has 0 atom stereocenters. The van der Waals surface area contributed by atoms with Gasteiger partial charge in [-0.3, -0.25) is 0 Å². The van der Waals surface area contributed by atoms with Crippen LogP contribution in [0.3, 0.4) is 0 Å². The summed E-state index contributed by atoms with van der Waals surface area (Å²) in [5.41, 5.74) is 6.14. The number of benzene rings is 3. The summed E-state index contributed by atoms with van der Waals surface area (Å²) in [7, 11) is 4.79. The van der Waals surface area contributed by atoms with Gasteiger partial charge in [-0.05, 0) is 17.2 Å². The van der Waals surface area contributed by atoms with Gasteiger partial charge in [0.2, 0.25) is 0 Å². The number of nitrogens with zero attached hydrogens (tertiary/aromatic N) is 2. The topological polar surface area (TPSA) is 52.4 Å². The molecule has 0 spiro atoms. The Morgan fingerprint density at radius 1 is 0.643 bits per heavy atom. The van der Waals surface area contributed by atoms with Crippen LogP contribution in [0.1, 0.15) is 16.7 Å². The molecular weight excluding hydrogens is 352 g/mol. The summed E-state index contributed by atoms with van der Waals surface area (Å²) in [4.78, 5) is 0. The second-order valence-corrected chi connectivity index (χ2v) is 6.23. The molecule has 0 saturated heterocycles. The third kappa shape index (κ3) is 3.01. The van der Waals surface area contributed by atoms with E-state index in [9.17, 15) is 0 Å². The quantitative estimate of drug-likeness (QED) is 0.381. The van der Waals surface area contributed by atoms with Crippen LogP contribution < -0.4 is 14.2 Å². The molecule has 0 heterocycles. The smallest absolute Gasteiger partial charge is 0.164 e. The van der Waals surface area contributed by atoms with Crippen LogP contribution in [-0.2, 0) is 0 Å². The second-order valence-electron chi connectivity index (χ2n) is 6.23. The molecule has 3 aromatic rings. The highest BCUT2D eigenvalue weighted by atomic mass is 16.5. The molecule has 0 aromatic heterocycles. The molecular formula is C23H20N2O3. The van der Waals surface area contributed by atoms with Crippen molar-refractivity contribution in [2.24, 2.45) is 10.2 Å². The largest absolute Gasteiger partial charge is 0.496 e. The number of fused-ring (bicyclic) bond motifs is 3. The molecule has 0 bridgehead atoms. The fourth-order valence-corrected chi connectivity index (χ4v) is 3.40. The van der Waals surface area contributed by atoms with Crippen LogP contribution in [0.2, 0.25) is 0 Å². The van der Waals surface area contributed by atoms with Crippen LogP contribution in [0.4, 0.5) is 0 Å². The van der Waals surface area contributed by atoms with E-state index in [0.29, 0.717) is 17.2 Å². The Labute approximate surface area is 163 Å². The van der Waals surface area contributed by atoms with Gasteiger partial charge in [-0.25, -0.2) is 0 Å². The van der Waals surface area contributed by atoms with Gasteiger partial charge in [0, 0.05) is 22.8 Å². The summed E-state index contributed by atoms with van der Waals surface area (Å²) in [5.74, 6) is 1.84. The summed E-state index contributed by atoms with van der Waals surface area (Å²) in [5, 5.41) is 8.88. The van der Waals surface area contributed by atoms with E-state index in [1.807, 2.05) is 30.3 Å². The normalized spacial score (nSPS) is 11.9. The molecule has 28 heavy (non-hydrogen) atoms. The second kappa shape index (κ2) is 7.56. The van der Waals surface area contributed by atoms with Crippen molar-refractivity contribution in [3.05, 3.63) is 77.4 Å². The van der Waals surface area contributed by atoms with Crippen LogP contribution in [0.5, 0.6) is 17.2 Å². The van der Waals surface area contributed by atoms with Crippen LogP contribution in [0.15, 0.2) is 70.9 Å². The average molecular weight is 372 g/mol. The zero-order chi connectivity index (χ0) is 19.5. The minimum Gasteiger partial charge on any atom is -0.496 e. The zero-order valence-corrected chi connectivity index (χ0v) is 16.0. The maximum atomic E-state index is 5.45. The minimum absolute atomic E-state index is 0.599. The molecule has 5 nitrogen and oxygen atoms in total. The van der Waals surface area contributed by atoms with Crippen molar-refractivity contribution < 1.29 is 14.2 Å². The molecule has 1 aliphatic carbocycles. The first-order valence-electron chi connectivity index (χ1n) is 8.87. The van der Waals surface area contributed by atoms with Crippen LogP contribution >= 0.6 is 0 Å². The predicted octanol–water partition coefficient (Wildman–Crippen LogP) is 4.56. The van der Waals surface area contributed by atoms with Crippen molar-refractivity contribution >= 4 is 11.9 Å². The van der Waals surface area contributed by atoms with Crippen LogP contribution in [0, 0.1) is 0 Å². The molecule has 0 aliphatic heterocycles.